The first-order valence-corrected chi connectivity index (χ1v) is 5.33. The molecular weight excluding hydrogens is 235 g/mol. The summed E-state index contributed by atoms with van der Waals surface area (Å²) in [4.78, 5) is 15.0. The minimum Gasteiger partial charge on any atom is -0.326 e. The van der Waals surface area contributed by atoms with Gasteiger partial charge in [-0.2, -0.15) is 0 Å². The van der Waals surface area contributed by atoms with Crippen molar-refractivity contribution in [2.24, 2.45) is 0 Å². The Bertz CT molecular complexity index is 408. The number of amides is 2. The van der Waals surface area contributed by atoms with E-state index in [0.717, 1.165) is 0 Å². The topological polar surface area (TPSA) is 23.6 Å². The first-order valence-electron chi connectivity index (χ1n) is 4.58. The van der Waals surface area contributed by atoms with Crippen LogP contribution in [0.15, 0.2) is 18.2 Å². The van der Waals surface area contributed by atoms with Crippen LogP contribution in [-0.4, -0.2) is 31.1 Å². The fourth-order valence-electron chi connectivity index (χ4n) is 1.57. The van der Waals surface area contributed by atoms with E-state index < -0.39 is 0 Å². The molecule has 1 aliphatic heterocycles. The van der Waals surface area contributed by atoms with Crippen molar-refractivity contribution in [2.75, 3.05) is 25.0 Å². The minimum absolute atomic E-state index is 0.0424. The van der Waals surface area contributed by atoms with Crippen LogP contribution in [0.5, 0.6) is 0 Å². The van der Waals surface area contributed by atoms with Gasteiger partial charge in [-0.1, -0.05) is 29.3 Å². The van der Waals surface area contributed by atoms with E-state index in [0.29, 0.717) is 28.8 Å². The van der Waals surface area contributed by atoms with Crippen molar-refractivity contribution in [2.45, 2.75) is 0 Å². The van der Waals surface area contributed by atoms with E-state index in [-0.39, 0.29) is 6.03 Å². The molecule has 5 heteroatoms. The highest BCUT2D eigenvalue weighted by molar-refractivity contribution is 6.44. The molecule has 0 spiro atoms. The van der Waals surface area contributed by atoms with E-state index in [1.807, 2.05) is 0 Å². The lowest BCUT2D eigenvalue weighted by Crippen LogP contribution is -2.29. The molecule has 0 aromatic heterocycles. The van der Waals surface area contributed by atoms with Crippen LogP contribution in [0.25, 0.3) is 0 Å². The minimum atomic E-state index is -0.0424. The molecule has 0 aliphatic carbocycles. The van der Waals surface area contributed by atoms with Crippen molar-refractivity contribution < 1.29 is 4.79 Å². The second kappa shape index (κ2) is 3.91. The molecule has 1 heterocycles. The predicted molar refractivity (Wildman–Crippen MR) is 61.8 cm³/mol. The van der Waals surface area contributed by atoms with Gasteiger partial charge in [0, 0.05) is 20.1 Å². The molecule has 0 N–H and O–H groups in total. The number of carbonyl (C=O) groups excluding carboxylic acids is 1. The predicted octanol–water partition coefficient (Wildman–Crippen LogP) is 2.87. The van der Waals surface area contributed by atoms with Gasteiger partial charge < -0.3 is 4.90 Å². The maximum atomic E-state index is 11.7. The highest BCUT2D eigenvalue weighted by atomic mass is 35.5. The molecule has 2 amide bonds. The molecule has 2 rings (SSSR count). The van der Waals surface area contributed by atoms with Gasteiger partial charge in [-0.25, -0.2) is 4.79 Å². The second-order valence-electron chi connectivity index (χ2n) is 3.43. The lowest BCUT2D eigenvalue weighted by atomic mass is 10.3. The van der Waals surface area contributed by atoms with E-state index in [1.165, 1.54) is 0 Å². The largest absolute Gasteiger partial charge is 0.326 e. The van der Waals surface area contributed by atoms with Crippen molar-refractivity contribution in [1.29, 1.82) is 0 Å². The van der Waals surface area contributed by atoms with E-state index in [1.54, 1.807) is 35.0 Å². The normalized spacial score (nSPS) is 16.3. The summed E-state index contributed by atoms with van der Waals surface area (Å²) in [6.07, 6.45) is 0. The fraction of sp³-hybridized carbons (Fsp3) is 0.300. The molecule has 1 saturated heterocycles. The highest BCUT2D eigenvalue weighted by Gasteiger charge is 2.28. The summed E-state index contributed by atoms with van der Waals surface area (Å²) in [6.45, 7) is 1.36. The number of urea groups is 1. The van der Waals surface area contributed by atoms with Crippen molar-refractivity contribution in [3.05, 3.63) is 28.2 Å². The van der Waals surface area contributed by atoms with Crippen LogP contribution in [0.3, 0.4) is 0 Å². The van der Waals surface area contributed by atoms with Crippen LogP contribution in [0.1, 0.15) is 0 Å². The van der Waals surface area contributed by atoms with Gasteiger partial charge in [-0.3, -0.25) is 4.90 Å². The summed E-state index contributed by atoms with van der Waals surface area (Å²) in [7, 11) is 1.76. The Balaban J connectivity index is 2.38. The Morgan fingerprint density at radius 1 is 1.27 bits per heavy atom. The lowest BCUT2D eigenvalue weighted by molar-refractivity contribution is 0.229. The van der Waals surface area contributed by atoms with E-state index in [2.05, 4.69) is 0 Å². The third-order valence-corrected chi connectivity index (χ3v) is 3.25. The zero-order valence-corrected chi connectivity index (χ0v) is 9.72. The first kappa shape index (κ1) is 10.6. The number of benzene rings is 1. The van der Waals surface area contributed by atoms with Crippen LogP contribution in [-0.2, 0) is 0 Å². The van der Waals surface area contributed by atoms with Gasteiger partial charge in [0.2, 0.25) is 0 Å². The first-order chi connectivity index (χ1) is 7.11. The van der Waals surface area contributed by atoms with Crippen molar-refractivity contribution in [3.8, 4) is 0 Å². The number of rotatable bonds is 1. The summed E-state index contributed by atoms with van der Waals surface area (Å²) in [5.74, 6) is 0. The molecule has 0 unspecified atom stereocenters. The molecule has 15 heavy (non-hydrogen) atoms. The van der Waals surface area contributed by atoms with Crippen LogP contribution in [0, 0.1) is 0 Å². The molecule has 0 atom stereocenters. The van der Waals surface area contributed by atoms with Gasteiger partial charge in [0.1, 0.15) is 0 Å². The van der Waals surface area contributed by atoms with E-state index in [4.69, 9.17) is 23.2 Å². The molecule has 1 aromatic rings. The SMILES string of the molecule is CN1CCN(c2cccc(Cl)c2Cl)C1=O. The fourth-order valence-corrected chi connectivity index (χ4v) is 1.97. The standard InChI is InChI=1S/C10H10Cl2N2O/c1-13-5-6-14(10(13)15)8-4-2-3-7(11)9(8)12/h2-4H,5-6H2,1H3. The summed E-state index contributed by atoms with van der Waals surface area (Å²) in [6, 6.07) is 5.25. The molecular formula is C10H10Cl2N2O. The van der Waals surface area contributed by atoms with Gasteiger partial charge in [-0.05, 0) is 12.1 Å². The summed E-state index contributed by atoms with van der Waals surface area (Å²) in [5.41, 5.74) is 0.679. The molecule has 1 aromatic carbocycles. The highest BCUT2D eigenvalue weighted by Crippen LogP contribution is 2.33. The number of carbonyl (C=O) groups is 1. The maximum Gasteiger partial charge on any atom is 0.324 e. The number of anilines is 1. The maximum absolute atomic E-state index is 11.7. The van der Waals surface area contributed by atoms with Crippen LogP contribution < -0.4 is 4.90 Å². The van der Waals surface area contributed by atoms with Gasteiger partial charge in [0.15, 0.2) is 0 Å². The average Bonchev–Trinajstić information content (AvgIpc) is 2.53. The lowest BCUT2D eigenvalue weighted by Gasteiger charge is -2.17. The zero-order valence-electron chi connectivity index (χ0n) is 8.20. The van der Waals surface area contributed by atoms with Gasteiger partial charge >= 0.3 is 6.03 Å². The summed E-state index contributed by atoms with van der Waals surface area (Å²) in [5, 5.41) is 0.902. The molecule has 0 saturated carbocycles. The number of halogens is 2. The quantitative estimate of drug-likeness (QED) is 0.746. The Morgan fingerprint density at radius 3 is 2.60 bits per heavy atom. The molecule has 0 bridgehead atoms. The molecule has 80 valence electrons. The van der Waals surface area contributed by atoms with Crippen molar-refractivity contribution in [1.82, 2.24) is 4.90 Å². The van der Waals surface area contributed by atoms with E-state index >= 15 is 0 Å². The number of hydrogen-bond acceptors (Lipinski definition) is 1. The summed E-state index contributed by atoms with van der Waals surface area (Å²) < 4.78 is 0. The Kier molecular flexibility index (Phi) is 2.76. The monoisotopic (exact) mass is 244 g/mol. The molecule has 0 radical (unpaired) electrons. The molecule has 1 aliphatic rings. The summed E-state index contributed by atoms with van der Waals surface area (Å²) >= 11 is 11.9. The Hall–Kier alpha value is -0.930. The third-order valence-electron chi connectivity index (χ3n) is 2.44. The van der Waals surface area contributed by atoms with Crippen LogP contribution >= 0.6 is 23.2 Å². The van der Waals surface area contributed by atoms with E-state index in [9.17, 15) is 4.79 Å². The van der Waals surface area contributed by atoms with Crippen LogP contribution in [0.4, 0.5) is 10.5 Å². The smallest absolute Gasteiger partial charge is 0.324 e. The van der Waals surface area contributed by atoms with Crippen LogP contribution in [0.2, 0.25) is 10.0 Å². The Labute approximate surface area is 98.2 Å². The number of nitrogens with zero attached hydrogens (tertiary/aromatic N) is 2. The van der Waals surface area contributed by atoms with Crippen molar-refractivity contribution in [3.63, 3.8) is 0 Å². The zero-order chi connectivity index (χ0) is 11.0. The Morgan fingerprint density at radius 2 is 2.00 bits per heavy atom. The third kappa shape index (κ3) is 1.77. The number of hydrogen-bond donors (Lipinski definition) is 0. The molecule has 3 nitrogen and oxygen atoms in total. The average molecular weight is 245 g/mol. The number of likely N-dealkylation sites (N-methyl/N-ethyl adjacent to an activating group) is 1. The van der Waals surface area contributed by atoms with Crippen molar-refractivity contribution >= 4 is 34.9 Å². The van der Waals surface area contributed by atoms with Gasteiger partial charge in [0.25, 0.3) is 0 Å². The molecule has 1 fully saturated rings. The van der Waals surface area contributed by atoms with Gasteiger partial charge in [-0.15, -0.1) is 0 Å². The van der Waals surface area contributed by atoms with Gasteiger partial charge in [0.05, 0.1) is 15.7 Å². The second-order valence-corrected chi connectivity index (χ2v) is 4.21.